The molecule has 21 heavy (non-hydrogen) atoms. The van der Waals surface area contributed by atoms with Crippen LogP contribution in [0, 0.1) is 11.3 Å². The smallest absolute Gasteiger partial charge is 0.243 e. The van der Waals surface area contributed by atoms with E-state index in [-0.39, 0.29) is 15.5 Å². The molecular formula is C15H23ClN2O2S. The first-order valence-electron chi connectivity index (χ1n) is 7.45. The Morgan fingerprint density at radius 1 is 1.38 bits per heavy atom. The average molecular weight is 331 g/mol. The molecule has 1 aliphatic rings. The van der Waals surface area contributed by atoms with E-state index in [1.165, 1.54) is 25.1 Å². The molecule has 0 unspecified atom stereocenters. The minimum Gasteiger partial charge on any atom is -0.243 e. The van der Waals surface area contributed by atoms with Gasteiger partial charge in [0.2, 0.25) is 10.0 Å². The number of halogens is 1. The summed E-state index contributed by atoms with van der Waals surface area (Å²) in [4.78, 5) is 3.90. The molecule has 2 rings (SSSR count). The number of pyridine rings is 1. The molecule has 1 saturated carbocycles. The lowest BCUT2D eigenvalue weighted by Gasteiger charge is -2.31. The number of hydrogen-bond acceptors (Lipinski definition) is 3. The molecule has 1 N–H and O–H groups in total. The Morgan fingerprint density at radius 3 is 2.62 bits per heavy atom. The van der Waals surface area contributed by atoms with Crippen LogP contribution in [-0.2, 0) is 10.0 Å². The van der Waals surface area contributed by atoms with Crippen molar-refractivity contribution >= 4 is 21.6 Å². The lowest BCUT2D eigenvalue weighted by atomic mass is 9.79. The Labute approximate surface area is 132 Å². The van der Waals surface area contributed by atoms with Crippen LogP contribution in [0.5, 0.6) is 0 Å². The van der Waals surface area contributed by atoms with Gasteiger partial charge in [0.25, 0.3) is 0 Å². The van der Waals surface area contributed by atoms with E-state index in [0.717, 1.165) is 19.3 Å². The minimum atomic E-state index is -3.60. The Bertz CT molecular complexity index is 581. The van der Waals surface area contributed by atoms with Crippen LogP contribution in [0.3, 0.4) is 0 Å². The van der Waals surface area contributed by atoms with E-state index < -0.39 is 10.0 Å². The lowest BCUT2D eigenvalue weighted by molar-refractivity contribution is 0.236. The first-order valence-corrected chi connectivity index (χ1v) is 9.31. The largest absolute Gasteiger partial charge is 0.243 e. The van der Waals surface area contributed by atoms with Gasteiger partial charge in [-0.3, -0.25) is 0 Å². The first kappa shape index (κ1) is 16.7. The highest BCUT2D eigenvalue weighted by Gasteiger charge is 2.35. The summed E-state index contributed by atoms with van der Waals surface area (Å²) in [5.74, 6) is 0.564. The zero-order chi connectivity index (χ0) is 15.5. The molecule has 6 heteroatoms. The van der Waals surface area contributed by atoms with Crippen LogP contribution >= 0.6 is 11.6 Å². The van der Waals surface area contributed by atoms with Gasteiger partial charge in [-0.1, -0.05) is 38.3 Å². The van der Waals surface area contributed by atoms with Gasteiger partial charge < -0.3 is 0 Å². The molecule has 1 aromatic heterocycles. The van der Waals surface area contributed by atoms with E-state index in [9.17, 15) is 8.42 Å². The van der Waals surface area contributed by atoms with Crippen LogP contribution < -0.4 is 4.72 Å². The van der Waals surface area contributed by atoms with Gasteiger partial charge in [0.15, 0.2) is 0 Å². The summed E-state index contributed by atoms with van der Waals surface area (Å²) < 4.78 is 27.6. The molecule has 0 aliphatic heterocycles. The normalized spacial score (nSPS) is 18.3. The number of nitrogens with zero attached hydrogens (tertiary/aromatic N) is 1. The standard InChI is InChI=1S/C15H23ClN2O2S/c1-12(2)10-15(7-3-4-8-15)11-18-21(19,20)13-6-5-9-17-14(13)16/h5-6,9,12,18H,3-4,7-8,10-11H2,1-2H3. The molecule has 0 aromatic carbocycles. The zero-order valence-electron chi connectivity index (χ0n) is 12.6. The molecule has 1 fully saturated rings. The van der Waals surface area contributed by atoms with E-state index in [2.05, 4.69) is 23.6 Å². The summed E-state index contributed by atoms with van der Waals surface area (Å²) in [6, 6.07) is 3.07. The highest BCUT2D eigenvalue weighted by molar-refractivity contribution is 7.89. The van der Waals surface area contributed by atoms with Gasteiger partial charge in [0.1, 0.15) is 10.0 Å². The second kappa shape index (κ2) is 6.63. The van der Waals surface area contributed by atoms with Crippen LogP contribution in [0.25, 0.3) is 0 Å². The second-order valence-electron chi connectivity index (χ2n) is 6.42. The number of aromatic nitrogens is 1. The molecule has 1 aromatic rings. The van der Waals surface area contributed by atoms with E-state index >= 15 is 0 Å². The predicted octanol–water partition coefficient (Wildman–Crippen LogP) is 3.62. The van der Waals surface area contributed by atoms with Crippen LogP contribution in [0.4, 0.5) is 0 Å². The molecule has 0 spiro atoms. The Morgan fingerprint density at radius 2 is 2.05 bits per heavy atom. The number of sulfonamides is 1. The fourth-order valence-electron chi connectivity index (χ4n) is 3.34. The molecule has 0 amide bonds. The fourth-order valence-corrected chi connectivity index (χ4v) is 4.95. The first-order chi connectivity index (χ1) is 9.85. The SMILES string of the molecule is CC(C)CC1(CNS(=O)(=O)c2cccnc2Cl)CCCC1. The molecule has 1 heterocycles. The van der Waals surface area contributed by atoms with Gasteiger partial charge in [-0.25, -0.2) is 18.1 Å². The molecule has 0 bridgehead atoms. The van der Waals surface area contributed by atoms with E-state index in [0.29, 0.717) is 12.5 Å². The maximum absolute atomic E-state index is 12.4. The van der Waals surface area contributed by atoms with Crippen molar-refractivity contribution < 1.29 is 8.42 Å². The van der Waals surface area contributed by atoms with Crippen LogP contribution in [0.1, 0.15) is 46.0 Å². The zero-order valence-corrected chi connectivity index (χ0v) is 14.2. The van der Waals surface area contributed by atoms with Gasteiger partial charge in [-0.15, -0.1) is 0 Å². The van der Waals surface area contributed by atoms with Crippen molar-refractivity contribution in [2.75, 3.05) is 6.54 Å². The summed E-state index contributed by atoms with van der Waals surface area (Å²) in [7, 11) is -3.60. The summed E-state index contributed by atoms with van der Waals surface area (Å²) in [6.45, 7) is 4.86. The third-order valence-electron chi connectivity index (χ3n) is 4.16. The molecule has 0 saturated heterocycles. The van der Waals surface area contributed by atoms with Gasteiger partial charge in [-0.2, -0.15) is 0 Å². The molecule has 0 radical (unpaired) electrons. The Kier molecular flexibility index (Phi) is 5.28. The Balaban J connectivity index is 2.12. The fraction of sp³-hybridized carbons (Fsp3) is 0.667. The Hall–Kier alpha value is -0.650. The van der Waals surface area contributed by atoms with Crippen molar-refractivity contribution in [2.24, 2.45) is 11.3 Å². The highest BCUT2D eigenvalue weighted by Crippen LogP contribution is 2.42. The lowest BCUT2D eigenvalue weighted by Crippen LogP contribution is -2.37. The second-order valence-corrected chi connectivity index (χ2v) is 8.52. The van der Waals surface area contributed by atoms with Crippen LogP contribution in [-0.4, -0.2) is 19.9 Å². The van der Waals surface area contributed by atoms with Gasteiger partial charge in [-0.05, 0) is 42.7 Å². The predicted molar refractivity (Wildman–Crippen MR) is 84.8 cm³/mol. The number of nitrogens with one attached hydrogen (secondary N) is 1. The average Bonchev–Trinajstić information content (AvgIpc) is 2.85. The van der Waals surface area contributed by atoms with Crippen LogP contribution in [0.2, 0.25) is 5.15 Å². The summed E-state index contributed by atoms with van der Waals surface area (Å²) in [5, 5.41) is 0.0225. The van der Waals surface area contributed by atoms with E-state index in [1.807, 2.05) is 0 Å². The van der Waals surface area contributed by atoms with Crippen molar-refractivity contribution in [3.63, 3.8) is 0 Å². The van der Waals surface area contributed by atoms with Gasteiger partial charge in [0.05, 0.1) is 0 Å². The number of hydrogen-bond donors (Lipinski definition) is 1. The van der Waals surface area contributed by atoms with Crippen molar-refractivity contribution in [1.82, 2.24) is 9.71 Å². The van der Waals surface area contributed by atoms with Crippen molar-refractivity contribution in [2.45, 2.75) is 50.8 Å². The molecule has 4 nitrogen and oxygen atoms in total. The van der Waals surface area contributed by atoms with Crippen molar-refractivity contribution in [1.29, 1.82) is 0 Å². The van der Waals surface area contributed by atoms with Crippen molar-refractivity contribution in [3.8, 4) is 0 Å². The monoisotopic (exact) mass is 330 g/mol. The summed E-state index contributed by atoms with van der Waals surface area (Å²) in [6.07, 6.45) is 7.09. The molecular weight excluding hydrogens is 308 g/mol. The van der Waals surface area contributed by atoms with Crippen molar-refractivity contribution in [3.05, 3.63) is 23.5 Å². The quantitative estimate of drug-likeness (QED) is 0.810. The third-order valence-corrected chi connectivity index (χ3v) is 6.00. The van der Waals surface area contributed by atoms with E-state index in [1.54, 1.807) is 6.07 Å². The molecule has 1 aliphatic carbocycles. The summed E-state index contributed by atoms with van der Waals surface area (Å²) >= 11 is 5.89. The molecule has 0 atom stereocenters. The van der Waals surface area contributed by atoms with Gasteiger partial charge in [0, 0.05) is 12.7 Å². The minimum absolute atomic E-state index is 0.0225. The van der Waals surface area contributed by atoms with Gasteiger partial charge >= 0.3 is 0 Å². The summed E-state index contributed by atoms with van der Waals surface area (Å²) in [5.41, 5.74) is 0.0932. The number of rotatable bonds is 6. The van der Waals surface area contributed by atoms with Crippen LogP contribution in [0.15, 0.2) is 23.2 Å². The maximum atomic E-state index is 12.4. The topological polar surface area (TPSA) is 59.1 Å². The van der Waals surface area contributed by atoms with E-state index in [4.69, 9.17) is 11.6 Å². The maximum Gasteiger partial charge on any atom is 0.243 e. The molecule has 118 valence electrons. The highest BCUT2D eigenvalue weighted by atomic mass is 35.5. The third kappa shape index (κ3) is 4.18.